The Balaban J connectivity index is 0.00000180. The quantitative estimate of drug-likeness (QED) is 0.834. The lowest BCUT2D eigenvalue weighted by atomic mass is 10.2. The number of hydrogen-bond donors (Lipinski definition) is 2. The van der Waals surface area contributed by atoms with Gasteiger partial charge in [-0.2, -0.15) is 5.10 Å². The number of nitrogen functional groups attached to an aromatic ring is 1. The van der Waals surface area contributed by atoms with Gasteiger partial charge in [0, 0.05) is 17.8 Å². The topological polar surface area (TPSA) is 85.8 Å². The zero-order chi connectivity index (χ0) is 13.0. The average Bonchev–Trinajstić information content (AvgIpc) is 2.84. The minimum absolute atomic E-state index is 0. The van der Waals surface area contributed by atoms with Crippen LogP contribution in [0.25, 0.3) is 0 Å². The Hall–Kier alpha value is -2.08. The fraction of sp³-hybridized carbons (Fsp3) is 0.250. The van der Waals surface area contributed by atoms with E-state index in [2.05, 4.69) is 15.4 Å². The Morgan fingerprint density at radius 2 is 2.26 bits per heavy atom. The van der Waals surface area contributed by atoms with Crippen molar-refractivity contribution in [2.75, 3.05) is 11.1 Å². The van der Waals surface area contributed by atoms with E-state index in [0.29, 0.717) is 18.7 Å². The summed E-state index contributed by atoms with van der Waals surface area (Å²) in [5.74, 6) is -0.0702. The molecule has 0 aliphatic rings. The smallest absolute Gasteiger partial charge is 0.226 e. The predicted molar refractivity (Wildman–Crippen MR) is 76.1 cm³/mol. The van der Waals surface area contributed by atoms with Crippen molar-refractivity contribution in [1.29, 1.82) is 0 Å². The van der Waals surface area contributed by atoms with Crippen LogP contribution >= 0.6 is 12.4 Å². The van der Waals surface area contributed by atoms with Crippen LogP contribution < -0.4 is 11.1 Å². The van der Waals surface area contributed by atoms with Crippen LogP contribution in [-0.4, -0.2) is 20.7 Å². The van der Waals surface area contributed by atoms with Crippen LogP contribution in [0, 0.1) is 6.92 Å². The van der Waals surface area contributed by atoms with E-state index in [9.17, 15) is 4.79 Å². The fourth-order valence-corrected chi connectivity index (χ4v) is 1.55. The number of amides is 1. The highest BCUT2D eigenvalue weighted by atomic mass is 35.5. The van der Waals surface area contributed by atoms with Gasteiger partial charge in [0.1, 0.15) is 12.7 Å². The fourth-order valence-electron chi connectivity index (χ4n) is 1.55. The lowest BCUT2D eigenvalue weighted by Crippen LogP contribution is -2.15. The van der Waals surface area contributed by atoms with Gasteiger partial charge in [-0.1, -0.05) is 6.07 Å². The molecule has 0 spiro atoms. The molecule has 0 fully saturated rings. The van der Waals surface area contributed by atoms with Gasteiger partial charge in [0.05, 0.1) is 6.54 Å². The number of nitrogens with zero attached hydrogens (tertiary/aromatic N) is 3. The van der Waals surface area contributed by atoms with Gasteiger partial charge in [0.2, 0.25) is 5.91 Å². The van der Waals surface area contributed by atoms with Gasteiger partial charge in [0.25, 0.3) is 0 Å². The molecule has 6 nitrogen and oxygen atoms in total. The Kier molecular flexibility index (Phi) is 5.32. The van der Waals surface area contributed by atoms with E-state index < -0.39 is 0 Å². The van der Waals surface area contributed by atoms with Crippen molar-refractivity contribution in [3.63, 3.8) is 0 Å². The average molecular weight is 282 g/mol. The van der Waals surface area contributed by atoms with Crippen molar-refractivity contribution in [1.82, 2.24) is 14.8 Å². The van der Waals surface area contributed by atoms with Crippen molar-refractivity contribution in [3.05, 3.63) is 36.4 Å². The monoisotopic (exact) mass is 281 g/mol. The van der Waals surface area contributed by atoms with E-state index in [1.54, 1.807) is 23.1 Å². The van der Waals surface area contributed by atoms with Crippen LogP contribution in [0.4, 0.5) is 11.4 Å². The van der Waals surface area contributed by atoms with Crippen LogP contribution in [0.2, 0.25) is 0 Å². The Bertz CT molecular complexity index is 541. The number of benzene rings is 1. The van der Waals surface area contributed by atoms with E-state index in [1.165, 1.54) is 6.33 Å². The summed E-state index contributed by atoms with van der Waals surface area (Å²) in [6, 6.07) is 5.44. The zero-order valence-electron chi connectivity index (χ0n) is 10.5. The lowest BCUT2D eigenvalue weighted by Gasteiger charge is -2.09. The number of rotatable bonds is 4. The zero-order valence-corrected chi connectivity index (χ0v) is 11.4. The third-order valence-electron chi connectivity index (χ3n) is 2.57. The van der Waals surface area contributed by atoms with Crippen molar-refractivity contribution >= 4 is 29.7 Å². The highest BCUT2D eigenvalue weighted by molar-refractivity contribution is 5.91. The minimum atomic E-state index is -0.0702. The summed E-state index contributed by atoms with van der Waals surface area (Å²) in [4.78, 5) is 15.6. The highest BCUT2D eigenvalue weighted by Gasteiger charge is 2.05. The molecule has 7 heteroatoms. The number of halogens is 1. The molecule has 0 atom stereocenters. The molecule has 1 heterocycles. The van der Waals surface area contributed by atoms with Crippen molar-refractivity contribution in [2.45, 2.75) is 19.9 Å². The minimum Gasteiger partial charge on any atom is -0.399 e. The third kappa shape index (κ3) is 4.26. The number of nitrogens with one attached hydrogen (secondary N) is 1. The van der Waals surface area contributed by atoms with Crippen molar-refractivity contribution in [3.8, 4) is 0 Å². The maximum absolute atomic E-state index is 11.8. The molecule has 2 rings (SSSR count). The molecule has 0 aliphatic carbocycles. The van der Waals surface area contributed by atoms with E-state index in [0.717, 1.165) is 11.3 Å². The standard InChI is InChI=1S/C12H15N5O.ClH/c1-9-2-3-10(13)6-11(9)16-12(18)4-5-17-8-14-7-15-17;/h2-3,6-8H,4-5,13H2,1H3,(H,16,18);1H. The first kappa shape index (κ1) is 15.0. The first-order valence-electron chi connectivity index (χ1n) is 5.63. The summed E-state index contributed by atoms with van der Waals surface area (Å²) < 4.78 is 1.62. The molecule has 102 valence electrons. The first-order chi connectivity index (χ1) is 8.65. The molecule has 0 radical (unpaired) electrons. The number of carbonyl (C=O) groups is 1. The highest BCUT2D eigenvalue weighted by Crippen LogP contribution is 2.18. The molecule has 0 saturated carbocycles. The molecule has 3 N–H and O–H groups in total. The van der Waals surface area contributed by atoms with Gasteiger partial charge in [0.15, 0.2) is 0 Å². The molecule has 19 heavy (non-hydrogen) atoms. The molecule has 0 saturated heterocycles. The molecule has 1 aromatic carbocycles. The maximum atomic E-state index is 11.8. The number of aryl methyl sites for hydroxylation is 2. The van der Waals surface area contributed by atoms with Crippen molar-refractivity contribution in [2.24, 2.45) is 0 Å². The summed E-state index contributed by atoms with van der Waals surface area (Å²) in [5, 5.41) is 6.77. The third-order valence-corrected chi connectivity index (χ3v) is 2.57. The second kappa shape index (κ2) is 6.75. The number of carbonyl (C=O) groups excluding carboxylic acids is 1. The molecular formula is C12H16ClN5O. The van der Waals surface area contributed by atoms with Crippen LogP contribution in [0.15, 0.2) is 30.9 Å². The second-order valence-electron chi connectivity index (χ2n) is 4.03. The van der Waals surface area contributed by atoms with Gasteiger partial charge in [-0.05, 0) is 24.6 Å². The second-order valence-corrected chi connectivity index (χ2v) is 4.03. The molecular weight excluding hydrogens is 266 g/mol. The summed E-state index contributed by atoms with van der Waals surface area (Å²) in [7, 11) is 0. The normalized spacial score (nSPS) is 9.74. The van der Waals surface area contributed by atoms with Gasteiger partial charge < -0.3 is 11.1 Å². The van der Waals surface area contributed by atoms with Gasteiger partial charge in [-0.3, -0.25) is 9.48 Å². The SMILES string of the molecule is Cc1ccc(N)cc1NC(=O)CCn1cncn1.Cl. The molecule has 0 bridgehead atoms. The summed E-state index contributed by atoms with van der Waals surface area (Å²) in [6.45, 7) is 2.43. The molecule has 1 amide bonds. The van der Waals surface area contributed by atoms with Gasteiger partial charge >= 0.3 is 0 Å². The lowest BCUT2D eigenvalue weighted by molar-refractivity contribution is -0.116. The molecule has 0 unspecified atom stereocenters. The largest absolute Gasteiger partial charge is 0.399 e. The van der Waals surface area contributed by atoms with E-state index in [1.807, 2.05) is 13.0 Å². The summed E-state index contributed by atoms with van der Waals surface area (Å²) in [5.41, 5.74) is 8.05. The van der Waals surface area contributed by atoms with E-state index in [-0.39, 0.29) is 18.3 Å². The van der Waals surface area contributed by atoms with Gasteiger partial charge in [-0.25, -0.2) is 4.98 Å². The van der Waals surface area contributed by atoms with Crippen LogP contribution in [0.3, 0.4) is 0 Å². The summed E-state index contributed by atoms with van der Waals surface area (Å²) in [6.07, 6.45) is 3.37. The number of nitrogens with two attached hydrogens (primary N) is 1. The Morgan fingerprint density at radius 3 is 2.95 bits per heavy atom. The maximum Gasteiger partial charge on any atom is 0.226 e. The number of anilines is 2. The van der Waals surface area contributed by atoms with E-state index in [4.69, 9.17) is 5.73 Å². The predicted octanol–water partition coefficient (Wildman–Crippen LogP) is 1.62. The molecule has 1 aromatic heterocycles. The Morgan fingerprint density at radius 1 is 1.47 bits per heavy atom. The number of hydrogen-bond acceptors (Lipinski definition) is 4. The number of aromatic nitrogens is 3. The van der Waals surface area contributed by atoms with Crippen LogP contribution in [0.1, 0.15) is 12.0 Å². The van der Waals surface area contributed by atoms with Gasteiger partial charge in [-0.15, -0.1) is 12.4 Å². The van der Waals surface area contributed by atoms with Crippen LogP contribution in [0.5, 0.6) is 0 Å². The van der Waals surface area contributed by atoms with Crippen molar-refractivity contribution < 1.29 is 4.79 Å². The first-order valence-corrected chi connectivity index (χ1v) is 5.63. The Labute approximate surface area is 117 Å². The van der Waals surface area contributed by atoms with Crippen LogP contribution in [-0.2, 0) is 11.3 Å². The summed E-state index contributed by atoms with van der Waals surface area (Å²) >= 11 is 0. The van der Waals surface area contributed by atoms with E-state index >= 15 is 0 Å². The molecule has 2 aromatic rings. The molecule has 0 aliphatic heterocycles.